The summed E-state index contributed by atoms with van der Waals surface area (Å²) in [7, 11) is -3.67. The lowest BCUT2D eigenvalue weighted by Gasteiger charge is -2.31. The molecule has 0 bridgehead atoms. The highest BCUT2D eigenvalue weighted by Gasteiger charge is 2.33. The first-order valence-corrected chi connectivity index (χ1v) is 11.6. The van der Waals surface area contributed by atoms with Crippen molar-refractivity contribution in [3.05, 3.63) is 47.0 Å². The maximum Gasteiger partial charge on any atom is 0.243 e. The predicted molar refractivity (Wildman–Crippen MR) is 114 cm³/mol. The van der Waals surface area contributed by atoms with Crippen molar-refractivity contribution in [1.82, 2.24) is 4.31 Å². The summed E-state index contributed by atoms with van der Waals surface area (Å²) in [5.41, 5.74) is 1.60. The van der Waals surface area contributed by atoms with Crippen molar-refractivity contribution in [3.63, 3.8) is 0 Å². The monoisotopic (exact) mass is 450 g/mol. The summed E-state index contributed by atoms with van der Waals surface area (Å²) in [6.07, 6.45) is 0.907. The van der Waals surface area contributed by atoms with Crippen molar-refractivity contribution in [1.29, 1.82) is 0 Å². The molecule has 0 unspecified atom stereocenters. The lowest BCUT2D eigenvalue weighted by Crippen LogP contribution is -2.41. The molecule has 160 valence electrons. The molecule has 0 saturated carbocycles. The molecule has 9 heteroatoms. The van der Waals surface area contributed by atoms with Gasteiger partial charge in [-0.25, -0.2) is 8.42 Å². The molecule has 2 aromatic rings. The Hall–Kier alpha value is -2.29. The minimum absolute atomic E-state index is 0.114. The molecule has 2 aromatic carbocycles. The lowest BCUT2D eigenvalue weighted by molar-refractivity contribution is -0.120. The van der Waals surface area contributed by atoms with Crippen molar-refractivity contribution in [2.75, 3.05) is 31.6 Å². The van der Waals surface area contributed by atoms with Crippen LogP contribution in [0.15, 0.2) is 41.3 Å². The van der Waals surface area contributed by atoms with E-state index in [1.807, 2.05) is 13.0 Å². The molecule has 0 spiro atoms. The second-order valence-corrected chi connectivity index (χ2v) is 9.81. The van der Waals surface area contributed by atoms with E-state index in [4.69, 9.17) is 21.1 Å². The summed E-state index contributed by atoms with van der Waals surface area (Å²) in [5.74, 6) is 0.618. The molecule has 2 aliphatic rings. The maximum absolute atomic E-state index is 13.0. The third kappa shape index (κ3) is 4.26. The van der Waals surface area contributed by atoms with E-state index < -0.39 is 10.0 Å². The molecular formula is C21H23ClN2O5S. The van der Waals surface area contributed by atoms with Crippen molar-refractivity contribution in [2.24, 2.45) is 5.92 Å². The van der Waals surface area contributed by atoms with Gasteiger partial charge < -0.3 is 14.8 Å². The van der Waals surface area contributed by atoms with Crippen LogP contribution in [0.1, 0.15) is 18.4 Å². The number of hydrogen-bond donors (Lipinski definition) is 1. The number of halogens is 1. The summed E-state index contributed by atoms with van der Waals surface area (Å²) in [6, 6.07) is 9.99. The third-order valence-electron chi connectivity index (χ3n) is 5.43. The van der Waals surface area contributed by atoms with E-state index in [9.17, 15) is 13.2 Å². The molecule has 0 aliphatic carbocycles. The molecule has 0 radical (unpaired) electrons. The summed E-state index contributed by atoms with van der Waals surface area (Å²) < 4.78 is 38.5. The van der Waals surface area contributed by atoms with Crippen molar-refractivity contribution in [3.8, 4) is 11.5 Å². The smallest absolute Gasteiger partial charge is 0.243 e. The summed E-state index contributed by atoms with van der Waals surface area (Å²) in [6.45, 7) is 3.30. The zero-order valence-corrected chi connectivity index (χ0v) is 18.1. The fourth-order valence-electron chi connectivity index (χ4n) is 3.66. The van der Waals surface area contributed by atoms with E-state index in [1.165, 1.54) is 16.4 Å². The Morgan fingerprint density at radius 3 is 2.50 bits per heavy atom. The Bertz CT molecular complexity index is 1070. The van der Waals surface area contributed by atoms with Crippen molar-refractivity contribution in [2.45, 2.75) is 24.7 Å². The average Bonchev–Trinajstić information content (AvgIpc) is 2.76. The van der Waals surface area contributed by atoms with Gasteiger partial charge in [0.05, 0.1) is 4.90 Å². The van der Waals surface area contributed by atoms with Gasteiger partial charge in [0.25, 0.3) is 0 Å². The van der Waals surface area contributed by atoms with Gasteiger partial charge in [0, 0.05) is 35.8 Å². The number of rotatable bonds is 4. The minimum atomic E-state index is -3.67. The number of fused-ring (bicyclic) bond motifs is 1. The van der Waals surface area contributed by atoms with E-state index in [2.05, 4.69) is 5.32 Å². The highest BCUT2D eigenvalue weighted by Crippen LogP contribution is 2.34. The normalized spacial score (nSPS) is 17.5. The zero-order chi connectivity index (χ0) is 21.3. The van der Waals surface area contributed by atoms with E-state index >= 15 is 0 Å². The lowest BCUT2D eigenvalue weighted by atomic mass is 9.97. The third-order valence-corrected chi connectivity index (χ3v) is 7.56. The second-order valence-electron chi connectivity index (χ2n) is 7.43. The first-order chi connectivity index (χ1) is 14.3. The Balaban J connectivity index is 1.41. The van der Waals surface area contributed by atoms with Crippen LogP contribution in [-0.4, -0.2) is 44.9 Å². The number of sulfonamides is 1. The number of nitrogens with zero attached hydrogens (tertiary/aromatic N) is 1. The van der Waals surface area contributed by atoms with Gasteiger partial charge in [0.1, 0.15) is 13.2 Å². The van der Waals surface area contributed by atoms with Crippen LogP contribution in [-0.2, 0) is 14.8 Å². The number of benzene rings is 2. The summed E-state index contributed by atoms with van der Waals surface area (Å²) in [4.78, 5) is 12.8. The number of anilines is 1. The van der Waals surface area contributed by atoms with Crippen LogP contribution in [0.5, 0.6) is 11.5 Å². The van der Waals surface area contributed by atoms with Gasteiger partial charge in [-0.15, -0.1) is 0 Å². The Labute approximate surface area is 181 Å². The number of piperidine rings is 1. The van der Waals surface area contributed by atoms with Crippen LogP contribution in [0, 0.1) is 12.8 Å². The van der Waals surface area contributed by atoms with Crippen LogP contribution >= 0.6 is 11.6 Å². The molecule has 2 aliphatic heterocycles. The number of amides is 1. The number of carbonyl (C=O) groups is 1. The van der Waals surface area contributed by atoms with E-state index in [-0.39, 0.29) is 29.8 Å². The van der Waals surface area contributed by atoms with Crippen molar-refractivity contribution >= 4 is 33.2 Å². The number of nitrogens with one attached hydrogen (secondary N) is 1. The fourth-order valence-corrected chi connectivity index (χ4v) is 5.31. The van der Waals surface area contributed by atoms with Crippen LogP contribution in [0.3, 0.4) is 0 Å². The molecule has 2 heterocycles. The highest BCUT2D eigenvalue weighted by atomic mass is 35.5. The number of ether oxygens (including phenoxy) is 2. The molecule has 1 saturated heterocycles. The molecule has 0 aromatic heterocycles. The van der Waals surface area contributed by atoms with Crippen LogP contribution < -0.4 is 14.8 Å². The zero-order valence-electron chi connectivity index (χ0n) is 16.6. The van der Waals surface area contributed by atoms with Gasteiger partial charge in [-0.05, 0) is 49.6 Å². The largest absolute Gasteiger partial charge is 0.486 e. The molecule has 1 fully saturated rings. The van der Waals surface area contributed by atoms with Crippen LogP contribution in [0.2, 0.25) is 5.02 Å². The molecule has 1 N–H and O–H groups in total. The maximum atomic E-state index is 13.0. The Morgan fingerprint density at radius 2 is 1.77 bits per heavy atom. The van der Waals surface area contributed by atoms with Crippen molar-refractivity contribution < 1.29 is 22.7 Å². The Morgan fingerprint density at radius 1 is 1.07 bits per heavy atom. The van der Waals surface area contributed by atoms with Gasteiger partial charge in [-0.1, -0.05) is 17.7 Å². The Kier molecular flexibility index (Phi) is 5.90. The molecule has 0 atom stereocenters. The molecule has 30 heavy (non-hydrogen) atoms. The molecule has 1 amide bonds. The van der Waals surface area contributed by atoms with Gasteiger partial charge in [-0.3, -0.25) is 4.79 Å². The quantitative estimate of drug-likeness (QED) is 0.771. The summed E-state index contributed by atoms with van der Waals surface area (Å²) in [5, 5.41) is 3.47. The van der Waals surface area contributed by atoms with Gasteiger partial charge in [0.2, 0.25) is 15.9 Å². The second kappa shape index (κ2) is 8.45. The fraction of sp³-hybridized carbons (Fsp3) is 0.381. The van der Waals surface area contributed by atoms with Gasteiger partial charge in [0.15, 0.2) is 11.5 Å². The van der Waals surface area contributed by atoms with E-state index in [0.717, 1.165) is 5.56 Å². The number of hydrogen-bond acceptors (Lipinski definition) is 5. The van der Waals surface area contributed by atoms with E-state index in [0.29, 0.717) is 48.3 Å². The number of carbonyl (C=O) groups excluding carboxylic acids is 1. The molecular weight excluding hydrogens is 428 g/mol. The standard InChI is InChI=1S/C21H23ClN2O5S/c1-14-2-3-16(22)12-18(14)23-21(25)15-6-8-24(9-7-15)30(26,27)17-4-5-19-20(13-17)29-11-10-28-19/h2-5,12-13,15H,6-11H2,1H3,(H,23,25). The van der Waals surface area contributed by atoms with E-state index in [1.54, 1.807) is 18.2 Å². The molecule has 7 nitrogen and oxygen atoms in total. The first-order valence-electron chi connectivity index (χ1n) is 9.81. The average molecular weight is 451 g/mol. The van der Waals surface area contributed by atoms with Gasteiger partial charge in [-0.2, -0.15) is 4.31 Å². The van der Waals surface area contributed by atoms with Gasteiger partial charge >= 0.3 is 0 Å². The SMILES string of the molecule is Cc1ccc(Cl)cc1NC(=O)C1CCN(S(=O)(=O)c2ccc3c(c2)OCCO3)CC1. The van der Waals surface area contributed by atoms with Crippen LogP contribution in [0.25, 0.3) is 0 Å². The summed E-state index contributed by atoms with van der Waals surface area (Å²) >= 11 is 6.02. The number of aryl methyl sites for hydroxylation is 1. The predicted octanol–water partition coefficient (Wildman–Crippen LogP) is 3.46. The minimum Gasteiger partial charge on any atom is -0.486 e. The highest BCUT2D eigenvalue weighted by molar-refractivity contribution is 7.89. The first kappa shape index (κ1) is 21.0. The topological polar surface area (TPSA) is 84.9 Å². The van der Waals surface area contributed by atoms with Crippen LogP contribution in [0.4, 0.5) is 5.69 Å². The molecule has 4 rings (SSSR count).